The number of nitrogens with one attached hydrogen (secondary N) is 2. The second-order valence-corrected chi connectivity index (χ2v) is 7.31. The topological polar surface area (TPSA) is 99.2 Å². The molecule has 8 heteroatoms. The molecule has 0 spiro atoms. The first-order valence-corrected chi connectivity index (χ1v) is 9.85. The van der Waals surface area contributed by atoms with E-state index >= 15 is 0 Å². The maximum absolute atomic E-state index is 11.1. The molecule has 27 heavy (non-hydrogen) atoms. The first-order valence-electron chi connectivity index (χ1n) is 8.78. The van der Waals surface area contributed by atoms with Gasteiger partial charge < -0.3 is 19.9 Å². The summed E-state index contributed by atoms with van der Waals surface area (Å²) >= 11 is -2.28. The molecule has 0 aliphatic carbocycles. The Bertz CT molecular complexity index is 976. The molecular formula is C19H19N4O3S-. The van der Waals surface area contributed by atoms with Gasteiger partial charge in [-0.05, 0) is 67.3 Å². The molecule has 7 nitrogen and oxygen atoms in total. The second kappa shape index (κ2) is 7.99. The summed E-state index contributed by atoms with van der Waals surface area (Å²) in [6, 6.07) is 12.3. The molecule has 2 heterocycles. The molecule has 2 N–H and O–H groups in total. The van der Waals surface area contributed by atoms with E-state index < -0.39 is 11.1 Å². The van der Waals surface area contributed by atoms with E-state index in [9.17, 15) is 8.76 Å². The van der Waals surface area contributed by atoms with Crippen molar-refractivity contribution in [3.8, 4) is 5.75 Å². The number of nitrogens with zero attached hydrogens (tertiary/aromatic N) is 2. The molecule has 1 aliphatic heterocycles. The standard InChI is InChI=1S/C19H20N4O3S/c24-27(25)17-3-1-2-14(10-17)22-19-21-12-13-4-5-16(11-18(13)23-19)26-15-6-8-20-9-7-15/h1-5,10-12,15,20H,6-9H2,(H,24,25)(H,21,22,23)/p-1. The van der Waals surface area contributed by atoms with Gasteiger partial charge in [0.15, 0.2) is 0 Å². The van der Waals surface area contributed by atoms with Crippen LogP contribution in [0.4, 0.5) is 11.6 Å². The highest BCUT2D eigenvalue weighted by molar-refractivity contribution is 7.79. The van der Waals surface area contributed by atoms with Crippen LogP contribution in [0.2, 0.25) is 0 Å². The third kappa shape index (κ3) is 4.41. The van der Waals surface area contributed by atoms with Crippen LogP contribution in [0.3, 0.4) is 0 Å². The maximum atomic E-state index is 11.1. The highest BCUT2D eigenvalue weighted by atomic mass is 32.2. The quantitative estimate of drug-likeness (QED) is 0.654. The average Bonchev–Trinajstić information content (AvgIpc) is 2.69. The van der Waals surface area contributed by atoms with Crippen LogP contribution in [0.15, 0.2) is 53.6 Å². The zero-order valence-corrected chi connectivity index (χ0v) is 15.4. The lowest BCUT2D eigenvalue weighted by molar-refractivity contribution is 0.162. The number of aromatic nitrogens is 2. The molecule has 1 atom stereocenters. The van der Waals surface area contributed by atoms with Gasteiger partial charge in [-0.15, -0.1) is 0 Å². The van der Waals surface area contributed by atoms with Gasteiger partial charge in [0.1, 0.15) is 11.9 Å². The van der Waals surface area contributed by atoms with Gasteiger partial charge in [-0.2, -0.15) is 0 Å². The summed E-state index contributed by atoms with van der Waals surface area (Å²) in [6.45, 7) is 1.95. The van der Waals surface area contributed by atoms with E-state index in [0.29, 0.717) is 11.6 Å². The van der Waals surface area contributed by atoms with Gasteiger partial charge in [0.2, 0.25) is 5.95 Å². The van der Waals surface area contributed by atoms with E-state index in [1.165, 1.54) is 12.1 Å². The minimum atomic E-state index is -2.28. The molecule has 1 aromatic heterocycles. The van der Waals surface area contributed by atoms with Crippen LogP contribution >= 0.6 is 0 Å². The first kappa shape index (κ1) is 17.8. The van der Waals surface area contributed by atoms with E-state index in [2.05, 4.69) is 20.6 Å². The number of rotatable bonds is 5. The van der Waals surface area contributed by atoms with E-state index in [-0.39, 0.29) is 11.0 Å². The van der Waals surface area contributed by atoms with Crippen molar-refractivity contribution < 1.29 is 13.5 Å². The summed E-state index contributed by atoms with van der Waals surface area (Å²) in [5.41, 5.74) is 1.38. The molecule has 3 aromatic rings. The highest BCUT2D eigenvalue weighted by Crippen LogP contribution is 2.24. The number of fused-ring (bicyclic) bond motifs is 1. The molecule has 0 radical (unpaired) electrons. The minimum Gasteiger partial charge on any atom is -0.768 e. The van der Waals surface area contributed by atoms with Gasteiger partial charge in [-0.25, -0.2) is 9.97 Å². The summed E-state index contributed by atoms with van der Waals surface area (Å²) in [5.74, 6) is 1.19. The molecule has 2 aromatic carbocycles. The van der Waals surface area contributed by atoms with E-state index in [1.807, 2.05) is 18.2 Å². The van der Waals surface area contributed by atoms with Crippen molar-refractivity contribution in [2.75, 3.05) is 18.4 Å². The van der Waals surface area contributed by atoms with Gasteiger partial charge in [0, 0.05) is 28.2 Å². The summed E-state index contributed by atoms with van der Waals surface area (Å²) in [7, 11) is 0. The van der Waals surface area contributed by atoms with Crippen molar-refractivity contribution in [3.05, 3.63) is 48.7 Å². The van der Waals surface area contributed by atoms with Crippen LogP contribution in [0, 0.1) is 0 Å². The molecule has 0 bridgehead atoms. The van der Waals surface area contributed by atoms with Gasteiger partial charge >= 0.3 is 0 Å². The third-order valence-electron chi connectivity index (χ3n) is 4.43. The van der Waals surface area contributed by atoms with Crippen LogP contribution in [0.5, 0.6) is 5.75 Å². The van der Waals surface area contributed by atoms with E-state index in [1.54, 1.807) is 18.3 Å². The van der Waals surface area contributed by atoms with Crippen LogP contribution in [0.1, 0.15) is 12.8 Å². The molecular weight excluding hydrogens is 364 g/mol. The molecule has 1 unspecified atom stereocenters. The molecule has 0 saturated carbocycles. The molecule has 1 saturated heterocycles. The molecule has 1 fully saturated rings. The Kier molecular flexibility index (Phi) is 5.28. The predicted molar refractivity (Wildman–Crippen MR) is 103 cm³/mol. The first-order chi connectivity index (χ1) is 13.2. The van der Waals surface area contributed by atoms with Gasteiger partial charge in [0.25, 0.3) is 0 Å². The zero-order chi connectivity index (χ0) is 18.6. The molecule has 4 rings (SSSR count). The number of hydrogen-bond donors (Lipinski definition) is 2. The monoisotopic (exact) mass is 383 g/mol. The maximum Gasteiger partial charge on any atom is 0.227 e. The van der Waals surface area contributed by atoms with Crippen LogP contribution in [0.25, 0.3) is 10.9 Å². The Morgan fingerprint density at radius 2 is 2.04 bits per heavy atom. The number of hydrogen-bond acceptors (Lipinski definition) is 7. The van der Waals surface area contributed by atoms with Crippen molar-refractivity contribution >= 4 is 33.6 Å². The summed E-state index contributed by atoms with van der Waals surface area (Å²) in [6.07, 6.45) is 3.94. The zero-order valence-electron chi connectivity index (χ0n) is 14.6. The predicted octanol–water partition coefficient (Wildman–Crippen LogP) is 2.74. The molecule has 0 amide bonds. The van der Waals surface area contributed by atoms with Crippen molar-refractivity contribution in [1.82, 2.24) is 15.3 Å². The van der Waals surface area contributed by atoms with Crippen molar-refractivity contribution in [3.63, 3.8) is 0 Å². The number of anilines is 2. The normalized spacial score (nSPS) is 16.2. The van der Waals surface area contributed by atoms with Crippen LogP contribution in [-0.4, -0.2) is 37.9 Å². The van der Waals surface area contributed by atoms with Gasteiger partial charge in [0.05, 0.1) is 5.52 Å². The fourth-order valence-corrected chi connectivity index (χ4v) is 3.46. The lowest BCUT2D eigenvalue weighted by Crippen LogP contribution is -2.34. The lowest BCUT2D eigenvalue weighted by Gasteiger charge is -2.23. The smallest absolute Gasteiger partial charge is 0.227 e. The number of ether oxygens (including phenoxy) is 1. The van der Waals surface area contributed by atoms with Crippen molar-refractivity contribution in [2.45, 2.75) is 23.8 Å². The van der Waals surface area contributed by atoms with Gasteiger partial charge in [-0.3, -0.25) is 4.21 Å². The van der Waals surface area contributed by atoms with E-state index in [4.69, 9.17) is 4.74 Å². The summed E-state index contributed by atoms with van der Waals surface area (Å²) < 4.78 is 28.3. The summed E-state index contributed by atoms with van der Waals surface area (Å²) in [4.78, 5) is 9.03. The van der Waals surface area contributed by atoms with Crippen LogP contribution in [-0.2, 0) is 11.1 Å². The molecule has 1 aliphatic rings. The fraction of sp³-hybridized carbons (Fsp3) is 0.263. The molecule has 140 valence electrons. The number of benzene rings is 2. The largest absolute Gasteiger partial charge is 0.768 e. The van der Waals surface area contributed by atoms with Crippen molar-refractivity contribution in [2.24, 2.45) is 0 Å². The SMILES string of the molecule is O=S([O-])c1cccc(Nc2ncc3ccc(OC4CCNCC4)cc3n2)c1. The Balaban J connectivity index is 1.55. The van der Waals surface area contributed by atoms with E-state index in [0.717, 1.165) is 42.6 Å². The van der Waals surface area contributed by atoms with Crippen molar-refractivity contribution in [1.29, 1.82) is 0 Å². The third-order valence-corrected chi connectivity index (χ3v) is 5.06. The Labute approximate surface area is 159 Å². The van der Waals surface area contributed by atoms with Crippen LogP contribution < -0.4 is 15.4 Å². The fourth-order valence-electron chi connectivity index (χ4n) is 3.05. The average molecular weight is 383 g/mol. The Morgan fingerprint density at radius 1 is 1.19 bits per heavy atom. The minimum absolute atomic E-state index is 0.207. The lowest BCUT2D eigenvalue weighted by atomic mass is 10.1. The summed E-state index contributed by atoms with van der Waals surface area (Å²) in [5, 5.41) is 7.28. The highest BCUT2D eigenvalue weighted by Gasteiger charge is 2.14. The second-order valence-electron chi connectivity index (χ2n) is 6.37. The Hall–Kier alpha value is -2.55. The number of piperidine rings is 1. The van der Waals surface area contributed by atoms with Gasteiger partial charge in [-0.1, -0.05) is 6.07 Å². The Morgan fingerprint density at radius 3 is 2.85 bits per heavy atom.